The normalized spacial score (nSPS) is 47.3. The van der Waals surface area contributed by atoms with Gasteiger partial charge in [-0.3, -0.25) is 0 Å². The van der Waals surface area contributed by atoms with Crippen molar-refractivity contribution < 1.29 is 4.79 Å². The maximum atomic E-state index is 10.7. The van der Waals surface area contributed by atoms with Gasteiger partial charge in [0.2, 0.25) is 0 Å². The van der Waals surface area contributed by atoms with E-state index >= 15 is 0 Å². The van der Waals surface area contributed by atoms with E-state index in [1.165, 1.54) is 32.1 Å². The van der Waals surface area contributed by atoms with Crippen LogP contribution >= 0.6 is 0 Å². The molecule has 0 aromatic heterocycles. The average Bonchev–Trinajstić information content (AvgIpc) is 3.03. The quantitative estimate of drug-likeness (QED) is 0.593. The third-order valence-corrected chi connectivity index (χ3v) is 8.73. The van der Waals surface area contributed by atoms with Crippen LogP contribution in [0.15, 0.2) is 0 Å². The molecule has 0 amide bonds. The molecule has 0 bridgehead atoms. The lowest BCUT2D eigenvalue weighted by molar-refractivity contribution is -0.108. The molecule has 4 fully saturated rings. The Balaban J connectivity index is 1.44. The van der Waals surface area contributed by atoms with Gasteiger partial charge in [0, 0.05) is 6.42 Å². The lowest BCUT2D eigenvalue weighted by atomic mass is 9.53. The van der Waals surface area contributed by atoms with E-state index < -0.39 is 0 Å². The number of hydrogen-bond acceptors (Lipinski definition) is 1. The summed E-state index contributed by atoms with van der Waals surface area (Å²) < 4.78 is 0. The molecule has 0 radical (unpaired) electrons. The van der Waals surface area contributed by atoms with Gasteiger partial charge in [-0.1, -0.05) is 26.2 Å². The molecule has 4 aliphatic carbocycles. The lowest BCUT2D eigenvalue weighted by Crippen LogP contribution is -2.44. The summed E-state index contributed by atoms with van der Waals surface area (Å²) in [6.45, 7) is 2.43. The number of fused-ring (bicyclic) bond motifs is 5. The summed E-state index contributed by atoms with van der Waals surface area (Å²) in [6.07, 6.45) is 18.3. The molecule has 0 spiro atoms. The molecule has 0 heterocycles. The van der Waals surface area contributed by atoms with Crippen LogP contribution in [0.1, 0.15) is 84.0 Å². The summed E-state index contributed by atoms with van der Waals surface area (Å²) in [4.78, 5) is 10.7. The van der Waals surface area contributed by atoms with Gasteiger partial charge in [-0.2, -0.15) is 0 Å². The number of carbonyl (C=O) groups excluding carboxylic acids is 1. The zero-order valence-electron chi connectivity index (χ0n) is 15.1. The standard InChI is InChI=1S/C22H36O/c1-15(5-4-14-23)17-10-11-22-19(17)12-13-20-18-7-3-2-6-16(18)8-9-21(20)22/h14-22H,2-13H2,1H3. The molecule has 8 atom stereocenters. The molecule has 23 heavy (non-hydrogen) atoms. The first-order valence-electron chi connectivity index (χ1n) is 10.7. The third-order valence-electron chi connectivity index (χ3n) is 8.73. The minimum absolute atomic E-state index is 0.776. The van der Waals surface area contributed by atoms with Gasteiger partial charge >= 0.3 is 0 Å². The molecule has 1 heteroatoms. The molecule has 130 valence electrons. The fourth-order valence-corrected chi connectivity index (χ4v) is 7.78. The monoisotopic (exact) mass is 316 g/mol. The minimum atomic E-state index is 0.776. The lowest BCUT2D eigenvalue weighted by Gasteiger charge is -2.52. The van der Waals surface area contributed by atoms with Crippen molar-refractivity contribution in [3.05, 3.63) is 0 Å². The highest BCUT2D eigenvalue weighted by Gasteiger charge is 2.51. The predicted octanol–water partition coefficient (Wildman–Crippen LogP) is 5.87. The molecule has 0 N–H and O–H groups in total. The number of rotatable bonds is 4. The van der Waals surface area contributed by atoms with E-state index in [4.69, 9.17) is 0 Å². The van der Waals surface area contributed by atoms with Crippen LogP contribution in [0.5, 0.6) is 0 Å². The van der Waals surface area contributed by atoms with E-state index in [2.05, 4.69) is 6.92 Å². The van der Waals surface area contributed by atoms with Crippen molar-refractivity contribution in [1.82, 2.24) is 0 Å². The zero-order valence-corrected chi connectivity index (χ0v) is 15.1. The largest absolute Gasteiger partial charge is 0.303 e. The second-order valence-corrected chi connectivity index (χ2v) is 9.48. The Kier molecular flexibility index (Phi) is 4.84. The van der Waals surface area contributed by atoms with Gasteiger partial charge in [-0.05, 0) is 98.7 Å². The van der Waals surface area contributed by atoms with E-state index in [-0.39, 0.29) is 0 Å². The van der Waals surface area contributed by atoms with Crippen LogP contribution in [0.3, 0.4) is 0 Å². The highest BCUT2D eigenvalue weighted by Crippen LogP contribution is 2.60. The molecular weight excluding hydrogens is 280 g/mol. The summed E-state index contributed by atoms with van der Waals surface area (Å²) in [5, 5.41) is 0. The van der Waals surface area contributed by atoms with Crippen molar-refractivity contribution in [2.75, 3.05) is 0 Å². The summed E-state index contributed by atoms with van der Waals surface area (Å²) in [5.74, 6) is 8.16. The predicted molar refractivity (Wildman–Crippen MR) is 95.1 cm³/mol. The Bertz CT molecular complexity index is 416. The Hall–Kier alpha value is -0.330. The van der Waals surface area contributed by atoms with E-state index in [1.54, 1.807) is 32.1 Å². The van der Waals surface area contributed by atoms with Crippen LogP contribution in [0.2, 0.25) is 0 Å². The number of aldehydes is 1. The zero-order chi connectivity index (χ0) is 15.8. The van der Waals surface area contributed by atoms with Gasteiger partial charge < -0.3 is 4.79 Å². The average molecular weight is 317 g/mol. The van der Waals surface area contributed by atoms with Gasteiger partial charge in [0.25, 0.3) is 0 Å². The van der Waals surface area contributed by atoms with Gasteiger partial charge in [0.05, 0.1) is 0 Å². The molecule has 1 nitrogen and oxygen atoms in total. The second-order valence-electron chi connectivity index (χ2n) is 9.48. The van der Waals surface area contributed by atoms with E-state index in [0.29, 0.717) is 0 Å². The molecule has 4 rings (SSSR count). The minimum Gasteiger partial charge on any atom is -0.303 e. The molecule has 0 aromatic rings. The Morgan fingerprint density at radius 2 is 1.43 bits per heavy atom. The first kappa shape index (κ1) is 16.2. The molecular formula is C22H36O. The van der Waals surface area contributed by atoms with E-state index in [9.17, 15) is 4.79 Å². The van der Waals surface area contributed by atoms with Gasteiger partial charge in [0.15, 0.2) is 0 Å². The van der Waals surface area contributed by atoms with Crippen LogP contribution in [0, 0.1) is 47.3 Å². The van der Waals surface area contributed by atoms with Crippen LogP contribution < -0.4 is 0 Å². The fourth-order valence-electron chi connectivity index (χ4n) is 7.78. The van der Waals surface area contributed by atoms with Crippen LogP contribution in [0.4, 0.5) is 0 Å². The first-order valence-corrected chi connectivity index (χ1v) is 10.7. The maximum absolute atomic E-state index is 10.7. The third kappa shape index (κ3) is 2.91. The topological polar surface area (TPSA) is 17.1 Å². The van der Waals surface area contributed by atoms with Crippen LogP contribution in [0.25, 0.3) is 0 Å². The second kappa shape index (κ2) is 6.89. The summed E-state index contributed by atoms with van der Waals surface area (Å²) >= 11 is 0. The van der Waals surface area contributed by atoms with Crippen LogP contribution in [-0.2, 0) is 4.79 Å². The number of hydrogen-bond donors (Lipinski definition) is 0. The highest BCUT2D eigenvalue weighted by molar-refractivity contribution is 5.49. The van der Waals surface area contributed by atoms with Crippen LogP contribution in [-0.4, -0.2) is 6.29 Å². The van der Waals surface area contributed by atoms with E-state index in [0.717, 1.165) is 66.5 Å². The fraction of sp³-hybridized carbons (Fsp3) is 0.955. The van der Waals surface area contributed by atoms with Crippen molar-refractivity contribution >= 4 is 6.29 Å². The van der Waals surface area contributed by atoms with E-state index in [1.807, 2.05) is 0 Å². The molecule has 8 unspecified atom stereocenters. The highest BCUT2D eigenvalue weighted by atomic mass is 16.1. The Labute approximate surface area is 143 Å². The van der Waals surface area contributed by atoms with Crippen molar-refractivity contribution in [3.8, 4) is 0 Å². The van der Waals surface area contributed by atoms with Gasteiger partial charge in [-0.25, -0.2) is 0 Å². The van der Waals surface area contributed by atoms with Crippen molar-refractivity contribution in [2.24, 2.45) is 47.3 Å². The molecule has 0 aliphatic heterocycles. The molecule has 0 saturated heterocycles. The van der Waals surface area contributed by atoms with Crippen molar-refractivity contribution in [2.45, 2.75) is 84.0 Å². The van der Waals surface area contributed by atoms with Gasteiger partial charge in [0.1, 0.15) is 6.29 Å². The summed E-state index contributed by atoms with van der Waals surface area (Å²) in [5.41, 5.74) is 0. The summed E-state index contributed by atoms with van der Waals surface area (Å²) in [6, 6.07) is 0. The first-order chi connectivity index (χ1) is 11.3. The van der Waals surface area contributed by atoms with Crippen molar-refractivity contribution in [3.63, 3.8) is 0 Å². The smallest absolute Gasteiger partial charge is 0.120 e. The summed E-state index contributed by atoms with van der Waals surface area (Å²) in [7, 11) is 0. The molecule has 0 aromatic carbocycles. The molecule has 4 aliphatic rings. The van der Waals surface area contributed by atoms with Crippen molar-refractivity contribution in [1.29, 1.82) is 0 Å². The maximum Gasteiger partial charge on any atom is 0.120 e. The van der Waals surface area contributed by atoms with Gasteiger partial charge in [-0.15, -0.1) is 0 Å². The molecule has 4 saturated carbocycles. The Morgan fingerprint density at radius 1 is 0.783 bits per heavy atom. The Morgan fingerprint density at radius 3 is 2.30 bits per heavy atom. The SMILES string of the molecule is CC(CCC=O)C1CCC2C1CCC1C3CCCCC3CCC12. The number of carbonyl (C=O) groups is 1.